The summed E-state index contributed by atoms with van der Waals surface area (Å²) >= 11 is 0. The number of nitrogens with zero attached hydrogens (tertiary/aromatic N) is 2. The predicted molar refractivity (Wildman–Crippen MR) is 141 cm³/mol. The second-order valence-corrected chi connectivity index (χ2v) is 9.02. The molecule has 1 atom stereocenters. The van der Waals surface area contributed by atoms with Crippen LogP contribution in [0.1, 0.15) is 36.0 Å². The van der Waals surface area contributed by atoms with E-state index in [4.69, 9.17) is 0 Å². The van der Waals surface area contributed by atoms with Crippen molar-refractivity contribution in [3.8, 4) is 0 Å². The van der Waals surface area contributed by atoms with Crippen LogP contribution in [0.3, 0.4) is 0 Å². The Balaban J connectivity index is 2.13. The molecular weight excluding hydrogens is 404 g/mol. The lowest BCUT2D eigenvalue weighted by Crippen LogP contribution is -2.17. The maximum absolute atomic E-state index is 11.8. The highest BCUT2D eigenvalue weighted by Crippen LogP contribution is 2.37. The number of aldehydes is 1. The van der Waals surface area contributed by atoms with Gasteiger partial charge in [-0.15, -0.1) is 0 Å². The molecule has 3 rings (SSSR count). The first-order valence-corrected chi connectivity index (χ1v) is 11.7. The molecule has 0 saturated heterocycles. The molecule has 0 aliphatic rings. The second-order valence-electron chi connectivity index (χ2n) is 9.02. The van der Waals surface area contributed by atoms with Gasteiger partial charge in [-0.1, -0.05) is 67.6 Å². The van der Waals surface area contributed by atoms with Gasteiger partial charge in [0.15, 0.2) is 0 Å². The number of hydrogen-bond acceptors (Lipinski definition) is 3. The largest absolute Gasteiger partial charge is 0.378 e. The van der Waals surface area contributed by atoms with Crippen molar-refractivity contribution in [1.29, 1.82) is 0 Å². The van der Waals surface area contributed by atoms with E-state index < -0.39 is 0 Å². The van der Waals surface area contributed by atoms with Crippen LogP contribution >= 0.6 is 0 Å². The molecule has 0 radical (unpaired) electrons. The van der Waals surface area contributed by atoms with E-state index in [0.717, 1.165) is 24.7 Å². The molecule has 0 aliphatic heterocycles. The van der Waals surface area contributed by atoms with Gasteiger partial charge in [0.25, 0.3) is 0 Å². The van der Waals surface area contributed by atoms with Crippen molar-refractivity contribution in [1.82, 2.24) is 0 Å². The summed E-state index contributed by atoms with van der Waals surface area (Å²) in [5.41, 5.74) is 7.01. The minimum atomic E-state index is 0.138. The maximum atomic E-state index is 11.8. The van der Waals surface area contributed by atoms with Crippen LogP contribution in [0.25, 0.3) is 0 Å². The van der Waals surface area contributed by atoms with Crippen LogP contribution in [0.2, 0.25) is 0 Å². The van der Waals surface area contributed by atoms with Gasteiger partial charge in [-0.3, -0.25) is 4.79 Å². The van der Waals surface area contributed by atoms with Crippen molar-refractivity contribution < 1.29 is 4.79 Å². The van der Waals surface area contributed by atoms with Crippen LogP contribution in [0.4, 0.5) is 11.4 Å². The molecule has 0 amide bonds. The van der Waals surface area contributed by atoms with E-state index in [-0.39, 0.29) is 11.8 Å². The standard InChI is InChI=1S/C30H36N2O/c1-6-23(22-33)20-27(21-24-10-8-7-9-11-24)30(25-12-16-28(17-13-25)31(2)3)26-14-18-29(19-15-26)32(4)5/h7-20,22,27,30H,6,21H2,1-5H3/b23-20+/t27-/m0/s1. The van der Waals surface area contributed by atoms with Crippen molar-refractivity contribution in [2.45, 2.75) is 25.7 Å². The first kappa shape index (κ1) is 24.3. The summed E-state index contributed by atoms with van der Waals surface area (Å²) in [5, 5.41) is 0. The Hall–Kier alpha value is -3.33. The van der Waals surface area contributed by atoms with E-state index in [9.17, 15) is 4.79 Å². The van der Waals surface area contributed by atoms with Gasteiger partial charge < -0.3 is 9.80 Å². The number of anilines is 2. The lowest BCUT2D eigenvalue weighted by atomic mass is 9.76. The molecule has 0 aliphatic carbocycles. The second kappa shape index (κ2) is 11.5. The molecule has 0 aromatic heterocycles. The highest BCUT2D eigenvalue weighted by Gasteiger charge is 2.25. The summed E-state index contributed by atoms with van der Waals surface area (Å²) < 4.78 is 0. The summed E-state index contributed by atoms with van der Waals surface area (Å²) in [4.78, 5) is 16.0. The van der Waals surface area contributed by atoms with Gasteiger partial charge in [-0.25, -0.2) is 0 Å². The number of carbonyl (C=O) groups excluding carboxylic acids is 1. The Kier molecular flexibility index (Phi) is 8.48. The smallest absolute Gasteiger partial charge is 0.145 e. The average molecular weight is 441 g/mol. The lowest BCUT2D eigenvalue weighted by molar-refractivity contribution is -0.105. The molecule has 0 spiro atoms. The molecule has 3 nitrogen and oxygen atoms in total. The van der Waals surface area contributed by atoms with Gasteiger partial charge in [0.2, 0.25) is 0 Å². The SMILES string of the molecule is CC/C(C=O)=C\[C@@H](Cc1ccccc1)C(c1ccc(N(C)C)cc1)c1ccc(N(C)C)cc1. The van der Waals surface area contributed by atoms with Crippen LogP contribution < -0.4 is 9.80 Å². The Morgan fingerprint density at radius 2 is 1.24 bits per heavy atom. The molecule has 0 fully saturated rings. The first-order chi connectivity index (χ1) is 15.9. The molecule has 33 heavy (non-hydrogen) atoms. The Morgan fingerprint density at radius 3 is 1.64 bits per heavy atom. The van der Waals surface area contributed by atoms with Crippen LogP contribution in [-0.2, 0) is 11.2 Å². The maximum Gasteiger partial charge on any atom is 0.145 e. The van der Waals surface area contributed by atoms with E-state index in [0.29, 0.717) is 0 Å². The molecule has 172 valence electrons. The molecule has 0 N–H and O–H groups in total. The van der Waals surface area contributed by atoms with E-state index in [1.807, 2.05) is 6.92 Å². The number of allylic oxidation sites excluding steroid dienone is 2. The molecule has 0 unspecified atom stereocenters. The minimum absolute atomic E-state index is 0.138. The lowest BCUT2D eigenvalue weighted by Gasteiger charge is -2.28. The van der Waals surface area contributed by atoms with Crippen LogP contribution in [-0.4, -0.2) is 34.5 Å². The van der Waals surface area contributed by atoms with Crippen molar-refractivity contribution in [2.75, 3.05) is 38.0 Å². The molecule has 3 aromatic rings. The molecule has 0 bridgehead atoms. The highest BCUT2D eigenvalue weighted by molar-refractivity contribution is 5.73. The molecule has 3 heteroatoms. The zero-order valence-corrected chi connectivity index (χ0v) is 20.5. The molecule has 3 aromatic carbocycles. The van der Waals surface area contributed by atoms with Gasteiger partial charge in [0.1, 0.15) is 6.29 Å². The van der Waals surface area contributed by atoms with Crippen molar-refractivity contribution in [2.24, 2.45) is 5.92 Å². The molecule has 0 heterocycles. The molecular formula is C30H36N2O. The fraction of sp³-hybridized carbons (Fsp3) is 0.300. The van der Waals surface area contributed by atoms with Gasteiger partial charge in [-0.05, 0) is 65.3 Å². The van der Waals surface area contributed by atoms with Gasteiger partial charge in [0, 0.05) is 45.5 Å². The third-order valence-corrected chi connectivity index (χ3v) is 6.27. The Labute approximate surface area is 199 Å². The van der Waals surface area contributed by atoms with E-state index in [2.05, 4.69) is 123 Å². The first-order valence-electron chi connectivity index (χ1n) is 11.7. The fourth-order valence-corrected chi connectivity index (χ4v) is 4.32. The monoisotopic (exact) mass is 440 g/mol. The summed E-state index contributed by atoms with van der Waals surface area (Å²) in [6, 6.07) is 28.2. The number of benzene rings is 3. The Morgan fingerprint density at radius 1 is 0.758 bits per heavy atom. The quantitative estimate of drug-likeness (QED) is 0.271. The highest BCUT2D eigenvalue weighted by atomic mass is 16.1. The number of rotatable bonds is 10. The van der Waals surface area contributed by atoms with E-state index in [1.165, 1.54) is 28.1 Å². The van der Waals surface area contributed by atoms with Gasteiger partial charge in [0.05, 0.1) is 0 Å². The van der Waals surface area contributed by atoms with Crippen molar-refractivity contribution in [3.63, 3.8) is 0 Å². The van der Waals surface area contributed by atoms with E-state index in [1.54, 1.807) is 0 Å². The van der Waals surface area contributed by atoms with Crippen LogP contribution in [0.5, 0.6) is 0 Å². The number of hydrogen-bond donors (Lipinski definition) is 0. The average Bonchev–Trinajstić information content (AvgIpc) is 2.83. The Bertz CT molecular complexity index is 983. The van der Waals surface area contributed by atoms with Crippen molar-refractivity contribution >= 4 is 17.7 Å². The predicted octanol–water partition coefficient (Wildman–Crippen LogP) is 6.34. The van der Waals surface area contributed by atoms with Gasteiger partial charge >= 0.3 is 0 Å². The minimum Gasteiger partial charge on any atom is -0.378 e. The summed E-state index contributed by atoms with van der Waals surface area (Å²) in [6.45, 7) is 2.05. The summed E-state index contributed by atoms with van der Waals surface area (Å²) in [5.74, 6) is 0.294. The van der Waals surface area contributed by atoms with Crippen LogP contribution in [0, 0.1) is 5.92 Å². The summed E-state index contributed by atoms with van der Waals surface area (Å²) in [7, 11) is 8.24. The van der Waals surface area contributed by atoms with Gasteiger partial charge in [-0.2, -0.15) is 0 Å². The third kappa shape index (κ3) is 6.35. The third-order valence-electron chi connectivity index (χ3n) is 6.27. The topological polar surface area (TPSA) is 23.6 Å². The number of carbonyl (C=O) groups is 1. The van der Waals surface area contributed by atoms with E-state index >= 15 is 0 Å². The van der Waals surface area contributed by atoms with Crippen molar-refractivity contribution in [3.05, 3.63) is 107 Å². The van der Waals surface area contributed by atoms with Crippen LogP contribution in [0.15, 0.2) is 90.5 Å². The summed E-state index contributed by atoms with van der Waals surface area (Å²) in [6.07, 6.45) is 4.82. The molecule has 0 saturated carbocycles. The fourth-order valence-electron chi connectivity index (χ4n) is 4.32. The zero-order chi connectivity index (χ0) is 23.8. The normalized spacial score (nSPS) is 12.5. The zero-order valence-electron chi connectivity index (χ0n) is 20.5.